The van der Waals surface area contributed by atoms with E-state index in [4.69, 9.17) is 15.2 Å². The van der Waals surface area contributed by atoms with E-state index in [0.29, 0.717) is 58.9 Å². The number of carbonyl (C=O) groups excluding carboxylic acids is 2. The normalized spacial score (nSPS) is 12.5. The van der Waals surface area contributed by atoms with Crippen LogP contribution in [0.1, 0.15) is 145 Å². The van der Waals surface area contributed by atoms with Crippen molar-refractivity contribution in [2.75, 3.05) is 46.1 Å². The summed E-state index contributed by atoms with van der Waals surface area (Å²) < 4.78 is 11.6. The molecule has 0 radical (unpaired) electrons. The van der Waals surface area contributed by atoms with Crippen LogP contribution in [0.15, 0.2) is 0 Å². The Bertz CT molecular complexity index is 664. The molecule has 2 amide bonds. The molecule has 0 spiro atoms. The van der Waals surface area contributed by atoms with E-state index in [2.05, 4.69) is 45.3 Å². The van der Waals surface area contributed by atoms with Gasteiger partial charge in [-0.1, -0.05) is 126 Å². The van der Waals surface area contributed by atoms with Gasteiger partial charge in [-0.05, 0) is 13.0 Å². The van der Waals surface area contributed by atoms with Crippen LogP contribution in [0.4, 0.5) is 0 Å². The predicted octanol–water partition coefficient (Wildman–Crippen LogP) is 7.16. The first-order chi connectivity index (χ1) is 19.3. The van der Waals surface area contributed by atoms with Crippen molar-refractivity contribution in [1.29, 1.82) is 0 Å². The first-order valence-corrected chi connectivity index (χ1v) is 16.7. The molecule has 0 heterocycles. The third-order valence-electron chi connectivity index (χ3n) is 7.54. The van der Waals surface area contributed by atoms with E-state index in [0.717, 1.165) is 12.8 Å². The maximum Gasteiger partial charge on any atom is 0.222 e. The van der Waals surface area contributed by atoms with Crippen molar-refractivity contribution in [3.63, 3.8) is 0 Å². The molecule has 0 fully saturated rings. The number of hydrogen-bond acceptors (Lipinski definition) is 5. The summed E-state index contributed by atoms with van der Waals surface area (Å²) in [6.07, 6.45) is 18.0. The van der Waals surface area contributed by atoms with Crippen LogP contribution in [0, 0.1) is 16.2 Å². The Morgan fingerprint density at radius 1 is 0.561 bits per heavy atom. The molecule has 41 heavy (non-hydrogen) atoms. The summed E-state index contributed by atoms with van der Waals surface area (Å²) in [5.74, 6) is 0.120. The van der Waals surface area contributed by atoms with E-state index in [1.54, 1.807) is 0 Å². The minimum atomic E-state index is -0.189. The summed E-state index contributed by atoms with van der Waals surface area (Å²) in [5, 5.41) is 6.09. The number of nitrogens with one attached hydrogen (secondary N) is 2. The van der Waals surface area contributed by atoms with Crippen LogP contribution < -0.4 is 16.4 Å². The Labute approximate surface area is 254 Å². The number of carbonyl (C=O) groups is 2. The van der Waals surface area contributed by atoms with Gasteiger partial charge >= 0.3 is 0 Å². The molecule has 0 bridgehead atoms. The SMILES string of the molecule is CCCCCCCCCCCCCCCC(=O)NCC(C)(C)COCC(C)(C)CNC(=O)CCOCC(C)(C)CN. The standard InChI is InChI=1S/C34H69N3O4/c1-8-9-10-11-12-13-14-15-16-17-18-19-20-21-30(38)36-25-33(4,5)28-41-29-34(6,7)26-37-31(39)22-23-40-27-32(2,3)24-35/h8-29,35H2,1-7H3,(H,36,38)(H,37,39). The van der Waals surface area contributed by atoms with E-state index >= 15 is 0 Å². The van der Waals surface area contributed by atoms with Gasteiger partial charge in [0.05, 0.1) is 26.4 Å². The highest BCUT2D eigenvalue weighted by Crippen LogP contribution is 2.19. The highest BCUT2D eigenvalue weighted by molar-refractivity contribution is 5.76. The van der Waals surface area contributed by atoms with Gasteiger partial charge in [0, 0.05) is 42.2 Å². The second-order valence-electron chi connectivity index (χ2n) is 14.5. The molecule has 0 aromatic carbocycles. The second-order valence-corrected chi connectivity index (χ2v) is 14.5. The van der Waals surface area contributed by atoms with Crippen molar-refractivity contribution in [2.24, 2.45) is 22.0 Å². The van der Waals surface area contributed by atoms with Gasteiger partial charge in [-0.25, -0.2) is 0 Å². The summed E-state index contributed by atoms with van der Waals surface area (Å²) in [7, 11) is 0. The topological polar surface area (TPSA) is 103 Å². The number of rotatable bonds is 28. The quantitative estimate of drug-likeness (QED) is 0.0848. The summed E-state index contributed by atoms with van der Waals surface area (Å²) in [5.41, 5.74) is 5.29. The first-order valence-electron chi connectivity index (χ1n) is 16.7. The molecule has 0 unspecified atom stereocenters. The monoisotopic (exact) mass is 584 g/mol. The third-order valence-corrected chi connectivity index (χ3v) is 7.54. The van der Waals surface area contributed by atoms with Gasteiger partial charge in [-0.3, -0.25) is 9.59 Å². The smallest absolute Gasteiger partial charge is 0.222 e. The predicted molar refractivity (Wildman–Crippen MR) is 173 cm³/mol. The summed E-state index contributed by atoms with van der Waals surface area (Å²) in [4.78, 5) is 24.5. The van der Waals surface area contributed by atoms with Crippen molar-refractivity contribution in [3.8, 4) is 0 Å². The maximum atomic E-state index is 12.3. The Balaban J connectivity index is 3.83. The molecule has 244 valence electrons. The number of unbranched alkanes of at least 4 members (excludes halogenated alkanes) is 12. The van der Waals surface area contributed by atoms with Crippen LogP contribution in [0.25, 0.3) is 0 Å². The highest BCUT2D eigenvalue weighted by Gasteiger charge is 2.24. The summed E-state index contributed by atoms with van der Waals surface area (Å²) in [6.45, 7) is 18.5. The molecule has 7 nitrogen and oxygen atoms in total. The summed E-state index contributed by atoms with van der Waals surface area (Å²) >= 11 is 0. The lowest BCUT2D eigenvalue weighted by Gasteiger charge is -2.29. The minimum Gasteiger partial charge on any atom is -0.380 e. The lowest BCUT2D eigenvalue weighted by molar-refractivity contribution is -0.123. The molecule has 0 aliphatic heterocycles. The van der Waals surface area contributed by atoms with Crippen molar-refractivity contribution < 1.29 is 19.1 Å². The van der Waals surface area contributed by atoms with Gasteiger partial charge in [0.2, 0.25) is 11.8 Å². The van der Waals surface area contributed by atoms with Crippen LogP contribution in [-0.2, 0) is 19.1 Å². The zero-order chi connectivity index (χ0) is 31.0. The Morgan fingerprint density at radius 3 is 1.39 bits per heavy atom. The fraction of sp³-hybridized carbons (Fsp3) is 0.941. The lowest BCUT2D eigenvalue weighted by atomic mass is 9.93. The van der Waals surface area contributed by atoms with Crippen molar-refractivity contribution in [2.45, 2.75) is 145 Å². The maximum absolute atomic E-state index is 12.3. The fourth-order valence-corrected chi connectivity index (χ4v) is 4.43. The highest BCUT2D eigenvalue weighted by atomic mass is 16.5. The van der Waals surface area contributed by atoms with Gasteiger partial charge < -0.3 is 25.8 Å². The Hall–Kier alpha value is -1.18. The van der Waals surface area contributed by atoms with Crippen molar-refractivity contribution >= 4 is 11.8 Å². The molecule has 0 aromatic heterocycles. The Morgan fingerprint density at radius 2 is 0.951 bits per heavy atom. The van der Waals surface area contributed by atoms with E-state index in [1.165, 1.54) is 70.6 Å². The second kappa shape index (κ2) is 23.3. The van der Waals surface area contributed by atoms with Crippen LogP contribution in [0.2, 0.25) is 0 Å². The summed E-state index contributed by atoms with van der Waals surface area (Å²) in [6, 6.07) is 0. The first kappa shape index (κ1) is 39.8. The number of amides is 2. The van der Waals surface area contributed by atoms with E-state index in [-0.39, 0.29) is 28.1 Å². The van der Waals surface area contributed by atoms with Gasteiger partial charge in [-0.2, -0.15) is 0 Å². The molecule has 0 rings (SSSR count). The van der Waals surface area contributed by atoms with Crippen LogP contribution in [0.5, 0.6) is 0 Å². The molecular weight excluding hydrogens is 514 g/mol. The molecule has 0 saturated carbocycles. The van der Waals surface area contributed by atoms with Crippen molar-refractivity contribution in [1.82, 2.24) is 10.6 Å². The van der Waals surface area contributed by atoms with Gasteiger partial charge in [0.1, 0.15) is 0 Å². The minimum absolute atomic E-state index is 0.0184. The molecule has 4 N–H and O–H groups in total. The molecule has 0 aliphatic rings. The van der Waals surface area contributed by atoms with Gasteiger partial charge in [0.25, 0.3) is 0 Å². The van der Waals surface area contributed by atoms with Crippen molar-refractivity contribution in [3.05, 3.63) is 0 Å². The van der Waals surface area contributed by atoms with Crippen LogP contribution >= 0.6 is 0 Å². The molecule has 0 aliphatic carbocycles. The van der Waals surface area contributed by atoms with Gasteiger partial charge in [0.15, 0.2) is 0 Å². The van der Waals surface area contributed by atoms with Crippen LogP contribution in [0.3, 0.4) is 0 Å². The molecule has 0 saturated heterocycles. The third kappa shape index (κ3) is 26.2. The van der Waals surface area contributed by atoms with E-state index in [1.807, 2.05) is 13.8 Å². The number of nitrogens with two attached hydrogens (primary N) is 1. The zero-order valence-electron chi connectivity index (χ0n) is 28.3. The fourth-order valence-electron chi connectivity index (χ4n) is 4.43. The number of hydrogen-bond donors (Lipinski definition) is 3. The molecule has 7 heteroatoms. The Kier molecular flexibility index (Phi) is 22.6. The molecular formula is C34H69N3O4. The molecule has 0 aromatic rings. The molecule has 0 atom stereocenters. The number of ether oxygens (including phenoxy) is 2. The van der Waals surface area contributed by atoms with E-state index in [9.17, 15) is 9.59 Å². The lowest BCUT2D eigenvalue weighted by Crippen LogP contribution is -2.40. The van der Waals surface area contributed by atoms with Crippen LogP contribution in [-0.4, -0.2) is 57.9 Å². The van der Waals surface area contributed by atoms with E-state index < -0.39 is 0 Å². The largest absolute Gasteiger partial charge is 0.380 e. The van der Waals surface area contributed by atoms with Gasteiger partial charge in [-0.15, -0.1) is 0 Å². The average Bonchev–Trinajstić information content (AvgIpc) is 2.91. The average molecular weight is 584 g/mol. The zero-order valence-corrected chi connectivity index (χ0v) is 28.3.